The first-order valence-corrected chi connectivity index (χ1v) is 8.59. The summed E-state index contributed by atoms with van der Waals surface area (Å²) in [5, 5.41) is 2.50. The van der Waals surface area contributed by atoms with Gasteiger partial charge in [0, 0.05) is 12.1 Å². The lowest BCUT2D eigenvalue weighted by Gasteiger charge is -2.13. The van der Waals surface area contributed by atoms with Crippen LogP contribution in [-0.2, 0) is 14.3 Å². The number of ether oxygens (including phenoxy) is 1. The third kappa shape index (κ3) is 5.95. The summed E-state index contributed by atoms with van der Waals surface area (Å²) in [6, 6.07) is 8.40. The molecule has 1 atom stereocenters. The molecule has 0 spiro atoms. The van der Waals surface area contributed by atoms with Crippen LogP contribution in [-0.4, -0.2) is 23.8 Å². The van der Waals surface area contributed by atoms with Crippen LogP contribution in [0.15, 0.2) is 36.4 Å². The maximum Gasteiger partial charge on any atom is 0.307 e. The largest absolute Gasteiger partial charge is 0.453 e. The lowest BCUT2D eigenvalue weighted by molar-refractivity contribution is -0.153. The zero-order chi connectivity index (χ0) is 18.4. The smallest absolute Gasteiger partial charge is 0.307 e. The minimum Gasteiger partial charge on any atom is -0.453 e. The Morgan fingerprint density at radius 1 is 1.16 bits per heavy atom. The van der Waals surface area contributed by atoms with E-state index in [1.165, 1.54) is 31.2 Å². The third-order valence-corrected chi connectivity index (χ3v) is 4.47. The summed E-state index contributed by atoms with van der Waals surface area (Å²) in [5.74, 6) is -1.83. The summed E-state index contributed by atoms with van der Waals surface area (Å²) in [6.07, 6.45) is -1.20. The van der Waals surface area contributed by atoms with Crippen LogP contribution in [0.25, 0.3) is 0 Å². The molecule has 5 nitrogen and oxygen atoms in total. The van der Waals surface area contributed by atoms with Crippen LogP contribution in [0.2, 0.25) is 4.34 Å². The monoisotopic (exact) mass is 383 g/mol. The Bertz CT molecular complexity index is 775. The Balaban J connectivity index is 1.78. The normalized spacial score (nSPS) is 11.6. The van der Waals surface area contributed by atoms with Crippen molar-refractivity contribution < 1.29 is 23.5 Å². The van der Waals surface area contributed by atoms with Crippen molar-refractivity contribution in [3.63, 3.8) is 0 Å². The topological polar surface area (TPSA) is 72.5 Å². The van der Waals surface area contributed by atoms with Crippen molar-refractivity contribution in [1.29, 1.82) is 0 Å². The third-order valence-electron chi connectivity index (χ3n) is 3.19. The Morgan fingerprint density at radius 2 is 1.84 bits per heavy atom. The molecule has 8 heteroatoms. The van der Waals surface area contributed by atoms with Gasteiger partial charge in [0.1, 0.15) is 5.82 Å². The van der Waals surface area contributed by atoms with Crippen molar-refractivity contribution in [2.24, 2.45) is 0 Å². The van der Waals surface area contributed by atoms with E-state index in [1.807, 2.05) is 0 Å². The molecule has 0 aliphatic heterocycles. The van der Waals surface area contributed by atoms with Gasteiger partial charge < -0.3 is 10.1 Å². The second-order valence-electron chi connectivity index (χ2n) is 5.16. The summed E-state index contributed by atoms with van der Waals surface area (Å²) in [5.41, 5.74) is 0.388. The van der Waals surface area contributed by atoms with Crippen LogP contribution >= 0.6 is 22.9 Å². The number of benzene rings is 1. The fraction of sp³-hybridized carbons (Fsp3) is 0.235. The van der Waals surface area contributed by atoms with Gasteiger partial charge in [-0.15, -0.1) is 11.3 Å². The first kappa shape index (κ1) is 19.1. The summed E-state index contributed by atoms with van der Waals surface area (Å²) in [6.45, 7) is 1.41. The van der Waals surface area contributed by atoms with Gasteiger partial charge in [-0.1, -0.05) is 11.6 Å². The predicted octanol–water partition coefficient (Wildman–Crippen LogP) is 4.07. The number of amides is 1. The van der Waals surface area contributed by atoms with Crippen molar-refractivity contribution in [2.75, 3.05) is 5.32 Å². The number of esters is 1. The van der Waals surface area contributed by atoms with Gasteiger partial charge in [0.2, 0.25) is 0 Å². The quantitative estimate of drug-likeness (QED) is 0.577. The van der Waals surface area contributed by atoms with Crippen LogP contribution in [0.4, 0.5) is 10.1 Å². The van der Waals surface area contributed by atoms with Gasteiger partial charge in [-0.2, -0.15) is 0 Å². The summed E-state index contributed by atoms with van der Waals surface area (Å²) < 4.78 is 18.3. The molecule has 25 heavy (non-hydrogen) atoms. The molecular weight excluding hydrogens is 369 g/mol. The van der Waals surface area contributed by atoms with Gasteiger partial charge in [-0.25, -0.2) is 4.39 Å². The van der Waals surface area contributed by atoms with Gasteiger partial charge in [0.25, 0.3) is 5.91 Å². The average Bonchev–Trinajstić information content (AvgIpc) is 3.01. The minimum atomic E-state index is -1.04. The number of carbonyl (C=O) groups excluding carboxylic acids is 3. The van der Waals surface area contributed by atoms with Gasteiger partial charge in [0.15, 0.2) is 11.9 Å². The van der Waals surface area contributed by atoms with Crippen LogP contribution < -0.4 is 5.32 Å². The van der Waals surface area contributed by atoms with Gasteiger partial charge in [-0.05, 0) is 43.3 Å². The highest BCUT2D eigenvalue weighted by atomic mass is 35.5. The lowest BCUT2D eigenvalue weighted by Crippen LogP contribution is -2.30. The molecule has 0 fully saturated rings. The molecule has 0 bridgehead atoms. The number of halogens is 2. The maximum atomic E-state index is 12.8. The van der Waals surface area contributed by atoms with E-state index in [1.54, 1.807) is 12.1 Å². The number of nitrogens with one attached hydrogen (secondary N) is 1. The predicted molar refractivity (Wildman–Crippen MR) is 93.5 cm³/mol. The summed E-state index contributed by atoms with van der Waals surface area (Å²) in [7, 11) is 0. The Hall–Kier alpha value is -2.25. The molecule has 0 aliphatic rings. The molecule has 1 aromatic carbocycles. The second kappa shape index (κ2) is 8.73. The first-order chi connectivity index (χ1) is 11.8. The number of ketones is 1. The first-order valence-electron chi connectivity index (χ1n) is 7.39. The highest BCUT2D eigenvalue weighted by molar-refractivity contribution is 7.18. The van der Waals surface area contributed by atoms with Gasteiger partial charge in [0.05, 0.1) is 15.6 Å². The Labute approximate surface area is 152 Å². The highest BCUT2D eigenvalue weighted by Crippen LogP contribution is 2.23. The van der Waals surface area contributed by atoms with Gasteiger partial charge in [-0.3, -0.25) is 14.4 Å². The highest BCUT2D eigenvalue weighted by Gasteiger charge is 2.19. The van der Waals surface area contributed by atoms with E-state index in [-0.39, 0.29) is 18.6 Å². The fourth-order valence-electron chi connectivity index (χ4n) is 1.89. The molecular formula is C17H15ClFNO4S. The van der Waals surface area contributed by atoms with E-state index in [0.717, 1.165) is 11.3 Å². The lowest BCUT2D eigenvalue weighted by atomic mass is 10.2. The number of rotatable bonds is 7. The number of anilines is 1. The van der Waals surface area contributed by atoms with E-state index in [0.29, 0.717) is 14.9 Å². The zero-order valence-corrected chi connectivity index (χ0v) is 14.8. The zero-order valence-electron chi connectivity index (χ0n) is 13.3. The maximum absolute atomic E-state index is 12.8. The Morgan fingerprint density at radius 3 is 2.44 bits per heavy atom. The van der Waals surface area contributed by atoms with Crippen LogP contribution in [0.1, 0.15) is 29.4 Å². The molecule has 2 rings (SSSR count). The second-order valence-corrected chi connectivity index (χ2v) is 6.87. The van der Waals surface area contributed by atoms with E-state index in [4.69, 9.17) is 16.3 Å². The number of carbonyl (C=O) groups is 3. The van der Waals surface area contributed by atoms with E-state index in [2.05, 4.69) is 5.32 Å². The van der Waals surface area contributed by atoms with E-state index < -0.39 is 23.8 Å². The molecule has 0 saturated heterocycles. The molecule has 0 radical (unpaired) electrons. The van der Waals surface area contributed by atoms with Gasteiger partial charge >= 0.3 is 5.97 Å². The molecule has 1 amide bonds. The summed E-state index contributed by atoms with van der Waals surface area (Å²) >= 11 is 6.90. The fourth-order valence-corrected chi connectivity index (χ4v) is 2.90. The molecule has 0 aliphatic carbocycles. The number of thiophene rings is 1. The molecule has 1 aromatic heterocycles. The van der Waals surface area contributed by atoms with Crippen LogP contribution in [0.3, 0.4) is 0 Å². The molecule has 1 N–H and O–H groups in total. The molecule has 132 valence electrons. The SMILES string of the molecule is C[C@@H](OC(=O)CCC(=O)c1ccc(Cl)s1)C(=O)Nc1ccc(F)cc1. The standard InChI is InChI=1S/C17H15ClFNO4S/c1-10(17(23)20-12-4-2-11(19)3-5-12)24-16(22)9-6-13(21)14-7-8-15(18)25-14/h2-5,7-8,10H,6,9H2,1H3,(H,20,23)/t10-/m1/s1. The van der Waals surface area contributed by atoms with Crippen LogP contribution in [0.5, 0.6) is 0 Å². The number of hydrogen-bond acceptors (Lipinski definition) is 5. The molecule has 1 heterocycles. The Kier molecular flexibility index (Phi) is 6.66. The molecule has 0 saturated carbocycles. The van der Waals surface area contributed by atoms with Crippen molar-refractivity contribution in [1.82, 2.24) is 0 Å². The summed E-state index contributed by atoms with van der Waals surface area (Å²) in [4.78, 5) is 36.1. The van der Waals surface area contributed by atoms with Crippen molar-refractivity contribution in [2.45, 2.75) is 25.9 Å². The van der Waals surface area contributed by atoms with Crippen LogP contribution in [0, 0.1) is 5.82 Å². The van der Waals surface area contributed by atoms with E-state index >= 15 is 0 Å². The van der Waals surface area contributed by atoms with Crippen molar-refractivity contribution in [3.05, 3.63) is 51.4 Å². The van der Waals surface area contributed by atoms with E-state index in [9.17, 15) is 18.8 Å². The number of Topliss-reactive ketones (excluding diaryl/α,β-unsaturated/α-hetero) is 1. The molecule has 2 aromatic rings. The average molecular weight is 384 g/mol. The minimum absolute atomic E-state index is 0.0258. The van der Waals surface area contributed by atoms with Crippen molar-refractivity contribution in [3.8, 4) is 0 Å². The number of hydrogen-bond donors (Lipinski definition) is 1. The van der Waals surface area contributed by atoms with Crippen molar-refractivity contribution >= 4 is 46.3 Å². The molecule has 0 unspecified atom stereocenters.